The molecule has 0 radical (unpaired) electrons. The number of benzene rings is 4. The van der Waals surface area contributed by atoms with Crippen LogP contribution in [0.3, 0.4) is 0 Å². The summed E-state index contributed by atoms with van der Waals surface area (Å²) < 4.78 is 20.3. The van der Waals surface area contributed by atoms with E-state index in [9.17, 15) is 4.57 Å². The van der Waals surface area contributed by atoms with Crippen LogP contribution in [0.25, 0.3) is 0 Å². The normalized spacial score (nSPS) is 17.8. The van der Waals surface area contributed by atoms with Crippen LogP contribution in [0, 0.1) is 0 Å². The van der Waals surface area contributed by atoms with Crippen molar-refractivity contribution in [2.45, 2.75) is 24.8 Å². The number of hydrogen-bond acceptors (Lipinski definition) is 2. The van der Waals surface area contributed by atoms with Gasteiger partial charge in [-0.15, -0.1) is 0 Å². The molecular weight excluding hydrogens is 425 g/mol. The predicted octanol–water partition coefficient (Wildman–Crippen LogP) is 5.99. The lowest BCUT2D eigenvalue weighted by molar-refractivity contribution is 0.409. The van der Waals surface area contributed by atoms with Crippen molar-refractivity contribution in [3.63, 3.8) is 0 Å². The SMILES string of the molecule is COc1ccc2c(c1)CC[C@H](c1ccccc1)[C@@H]2NP(=O)(c1ccccc1)c1ccccc1. The van der Waals surface area contributed by atoms with Gasteiger partial charge >= 0.3 is 0 Å². The molecule has 4 aromatic rings. The van der Waals surface area contributed by atoms with Gasteiger partial charge < -0.3 is 4.74 Å². The molecule has 0 fully saturated rings. The Morgan fingerprint density at radius 2 is 1.36 bits per heavy atom. The highest BCUT2D eigenvalue weighted by atomic mass is 31.2. The summed E-state index contributed by atoms with van der Waals surface area (Å²) in [6.45, 7) is 0. The Morgan fingerprint density at radius 3 is 1.94 bits per heavy atom. The molecule has 2 atom stereocenters. The molecule has 0 unspecified atom stereocenters. The average Bonchev–Trinajstić information content (AvgIpc) is 2.90. The zero-order valence-corrected chi connectivity index (χ0v) is 19.6. The molecule has 4 aromatic carbocycles. The van der Waals surface area contributed by atoms with E-state index in [1.807, 2.05) is 72.8 Å². The van der Waals surface area contributed by atoms with E-state index in [0.717, 1.165) is 29.2 Å². The van der Waals surface area contributed by atoms with Gasteiger partial charge in [-0.05, 0) is 65.9 Å². The fraction of sp³-hybridized carbons (Fsp3) is 0.172. The summed E-state index contributed by atoms with van der Waals surface area (Å²) in [5.74, 6) is 1.08. The van der Waals surface area contributed by atoms with Crippen molar-refractivity contribution in [1.29, 1.82) is 0 Å². The van der Waals surface area contributed by atoms with Crippen LogP contribution in [0.4, 0.5) is 0 Å². The fourth-order valence-electron chi connectivity index (χ4n) is 4.91. The predicted molar refractivity (Wildman–Crippen MR) is 136 cm³/mol. The molecule has 1 aliphatic carbocycles. The van der Waals surface area contributed by atoms with Crippen LogP contribution in [0.5, 0.6) is 5.75 Å². The zero-order chi connectivity index (χ0) is 22.7. The lowest BCUT2D eigenvalue weighted by atomic mass is 9.76. The smallest absolute Gasteiger partial charge is 0.205 e. The molecule has 5 rings (SSSR count). The van der Waals surface area contributed by atoms with Gasteiger partial charge in [0.25, 0.3) is 0 Å². The van der Waals surface area contributed by atoms with Crippen LogP contribution in [0.15, 0.2) is 109 Å². The van der Waals surface area contributed by atoms with Gasteiger partial charge in [-0.25, -0.2) is 0 Å². The third-order valence-corrected chi connectivity index (χ3v) is 9.29. The van der Waals surface area contributed by atoms with E-state index in [2.05, 4.69) is 41.5 Å². The molecule has 0 bridgehead atoms. The van der Waals surface area contributed by atoms with E-state index in [4.69, 9.17) is 4.74 Å². The van der Waals surface area contributed by atoms with Gasteiger partial charge in [0.15, 0.2) is 0 Å². The van der Waals surface area contributed by atoms with E-state index in [1.54, 1.807) is 7.11 Å². The largest absolute Gasteiger partial charge is 0.497 e. The molecular formula is C29H28NO2P. The molecule has 1 N–H and O–H groups in total. The summed E-state index contributed by atoms with van der Waals surface area (Å²) in [5.41, 5.74) is 3.72. The van der Waals surface area contributed by atoms with Gasteiger partial charge in [0.2, 0.25) is 7.29 Å². The van der Waals surface area contributed by atoms with Crippen molar-refractivity contribution in [2.24, 2.45) is 0 Å². The van der Waals surface area contributed by atoms with Gasteiger partial charge in [0.05, 0.1) is 7.11 Å². The van der Waals surface area contributed by atoms with E-state index < -0.39 is 7.29 Å². The van der Waals surface area contributed by atoms with Gasteiger partial charge in [-0.1, -0.05) is 72.8 Å². The molecule has 33 heavy (non-hydrogen) atoms. The lowest BCUT2D eigenvalue weighted by Crippen LogP contribution is -2.35. The number of aryl methyl sites for hydroxylation is 1. The minimum Gasteiger partial charge on any atom is -0.497 e. The van der Waals surface area contributed by atoms with E-state index in [1.165, 1.54) is 16.7 Å². The highest BCUT2D eigenvalue weighted by molar-refractivity contribution is 7.76. The summed E-state index contributed by atoms with van der Waals surface area (Å²) in [7, 11) is -1.41. The summed E-state index contributed by atoms with van der Waals surface area (Å²) >= 11 is 0. The maximum Gasteiger partial charge on any atom is 0.205 e. The Balaban J connectivity index is 1.65. The maximum absolute atomic E-state index is 14.9. The average molecular weight is 454 g/mol. The van der Waals surface area contributed by atoms with Crippen LogP contribution in [0.1, 0.15) is 35.1 Å². The van der Waals surface area contributed by atoms with Crippen molar-refractivity contribution in [1.82, 2.24) is 5.09 Å². The second-order valence-electron chi connectivity index (χ2n) is 8.51. The number of fused-ring (bicyclic) bond motifs is 1. The zero-order valence-electron chi connectivity index (χ0n) is 18.7. The Labute approximate surface area is 195 Å². The second kappa shape index (κ2) is 9.39. The molecule has 0 aromatic heterocycles. The molecule has 1 aliphatic rings. The van der Waals surface area contributed by atoms with Crippen LogP contribution >= 0.6 is 7.29 Å². The quantitative estimate of drug-likeness (QED) is 0.365. The summed E-state index contributed by atoms with van der Waals surface area (Å²) in [6, 6.07) is 36.4. The van der Waals surface area contributed by atoms with E-state index in [0.29, 0.717) is 0 Å². The number of methoxy groups -OCH3 is 1. The van der Waals surface area contributed by atoms with E-state index in [-0.39, 0.29) is 12.0 Å². The molecule has 166 valence electrons. The first-order valence-corrected chi connectivity index (χ1v) is 13.1. The van der Waals surface area contributed by atoms with Crippen LogP contribution in [0.2, 0.25) is 0 Å². The number of ether oxygens (including phenoxy) is 1. The molecule has 0 saturated carbocycles. The van der Waals surface area contributed by atoms with Crippen LogP contribution < -0.4 is 20.4 Å². The lowest BCUT2D eigenvalue weighted by Gasteiger charge is -2.37. The molecule has 0 spiro atoms. The number of nitrogens with one attached hydrogen (secondary N) is 1. The van der Waals surface area contributed by atoms with Gasteiger partial charge in [0.1, 0.15) is 5.75 Å². The van der Waals surface area contributed by atoms with Crippen LogP contribution in [-0.4, -0.2) is 7.11 Å². The highest BCUT2D eigenvalue weighted by Crippen LogP contribution is 2.49. The maximum atomic E-state index is 14.9. The van der Waals surface area contributed by atoms with Crippen LogP contribution in [-0.2, 0) is 11.0 Å². The first kappa shape index (κ1) is 21.7. The van der Waals surface area contributed by atoms with Crippen molar-refractivity contribution >= 4 is 17.9 Å². The third kappa shape index (κ3) is 4.27. The Bertz CT molecular complexity index is 1220. The third-order valence-electron chi connectivity index (χ3n) is 6.60. The number of hydrogen-bond donors (Lipinski definition) is 1. The Kier molecular flexibility index (Phi) is 6.17. The first-order valence-electron chi connectivity index (χ1n) is 11.4. The fourth-order valence-corrected chi connectivity index (χ4v) is 7.40. The second-order valence-corrected chi connectivity index (χ2v) is 11.0. The molecule has 3 nitrogen and oxygen atoms in total. The van der Waals surface area contributed by atoms with E-state index >= 15 is 0 Å². The van der Waals surface area contributed by atoms with Crippen molar-refractivity contribution in [2.75, 3.05) is 7.11 Å². The summed E-state index contributed by atoms with van der Waals surface area (Å²) in [4.78, 5) is 0. The van der Waals surface area contributed by atoms with Crippen molar-refractivity contribution in [3.05, 3.63) is 126 Å². The van der Waals surface area contributed by atoms with Crippen molar-refractivity contribution < 1.29 is 9.30 Å². The molecule has 0 amide bonds. The standard InChI is InChI=1S/C29H28NO2P/c1-32-24-18-20-28-23(21-24)17-19-27(22-11-5-2-6-12-22)29(28)30-33(31,25-13-7-3-8-14-25)26-15-9-4-10-16-26/h2-16,18,20-21,27,29H,17,19H2,1H3,(H,30,31)/t27-,29+/m1/s1. The van der Waals surface area contributed by atoms with Crippen molar-refractivity contribution in [3.8, 4) is 5.75 Å². The summed E-state index contributed by atoms with van der Waals surface area (Å²) in [5, 5.41) is 5.37. The minimum atomic E-state index is -3.11. The molecule has 0 aliphatic heterocycles. The van der Waals surface area contributed by atoms with Gasteiger partial charge in [0, 0.05) is 22.6 Å². The highest BCUT2D eigenvalue weighted by Gasteiger charge is 2.37. The Morgan fingerprint density at radius 1 is 0.788 bits per heavy atom. The topological polar surface area (TPSA) is 38.3 Å². The summed E-state index contributed by atoms with van der Waals surface area (Å²) in [6.07, 6.45) is 1.94. The molecule has 0 heterocycles. The monoisotopic (exact) mass is 453 g/mol. The molecule has 4 heteroatoms. The first-order chi connectivity index (χ1) is 16.2. The number of rotatable bonds is 6. The van der Waals surface area contributed by atoms with Gasteiger partial charge in [-0.2, -0.15) is 0 Å². The molecule has 0 saturated heterocycles. The van der Waals surface area contributed by atoms with Gasteiger partial charge in [-0.3, -0.25) is 9.65 Å². The Hall–Kier alpha value is -3.13. The minimum absolute atomic E-state index is 0.0895.